The van der Waals surface area contributed by atoms with Crippen LogP contribution < -0.4 is 5.32 Å². The normalized spacial score (nSPS) is 13.2. The zero-order chi connectivity index (χ0) is 11.4. The van der Waals surface area contributed by atoms with E-state index < -0.39 is 0 Å². The third-order valence-corrected chi connectivity index (χ3v) is 3.66. The average molecular weight is 234 g/mol. The van der Waals surface area contributed by atoms with Gasteiger partial charge in [-0.2, -0.15) is 0 Å². The molecule has 0 fully saturated rings. The molecule has 0 bridgehead atoms. The number of hydrogen-bond acceptors (Lipinski definition) is 2. The largest absolute Gasteiger partial charge is 0.367 e. The van der Waals surface area contributed by atoms with Crippen molar-refractivity contribution in [3.63, 3.8) is 0 Å². The van der Waals surface area contributed by atoms with Gasteiger partial charge in [0.25, 0.3) is 0 Å². The summed E-state index contributed by atoms with van der Waals surface area (Å²) in [4.78, 5) is 4.50. The quantitative estimate of drug-likeness (QED) is 0.813. The van der Waals surface area contributed by atoms with Gasteiger partial charge in [0.1, 0.15) is 0 Å². The highest BCUT2D eigenvalue weighted by atomic mass is 32.1. The fraction of sp³-hybridized carbons (Fsp3) is 0.385. The van der Waals surface area contributed by atoms with Gasteiger partial charge in [0.15, 0.2) is 0 Å². The Balaban J connectivity index is 1.99. The van der Waals surface area contributed by atoms with Gasteiger partial charge >= 0.3 is 0 Å². The van der Waals surface area contributed by atoms with E-state index in [1.165, 1.54) is 10.4 Å². The number of rotatable bonds is 5. The topological polar surface area (TPSA) is 27.8 Å². The predicted octanol–water partition coefficient (Wildman–Crippen LogP) is 3.56. The fourth-order valence-corrected chi connectivity index (χ4v) is 2.80. The molecule has 2 nitrogen and oxygen atoms in total. The van der Waals surface area contributed by atoms with Crippen LogP contribution in [0, 0.1) is 5.92 Å². The SMILES string of the molecule is CC(C)C(NCc1cc[nH]c1)c1cccs1. The van der Waals surface area contributed by atoms with Crippen LogP contribution in [0.25, 0.3) is 0 Å². The first-order valence-electron chi connectivity index (χ1n) is 5.66. The first-order chi connectivity index (χ1) is 7.77. The van der Waals surface area contributed by atoms with Crippen molar-refractivity contribution in [2.45, 2.75) is 26.4 Å². The Morgan fingerprint density at radius 1 is 1.38 bits per heavy atom. The van der Waals surface area contributed by atoms with Crippen molar-refractivity contribution in [2.75, 3.05) is 0 Å². The molecule has 0 radical (unpaired) electrons. The fourth-order valence-electron chi connectivity index (χ4n) is 1.83. The van der Waals surface area contributed by atoms with Crippen LogP contribution in [0.4, 0.5) is 0 Å². The highest BCUT2D eigenvalue weighted by Crippen LogP contribution is 2.25. The van der Waals surface area contributed by atoms with E-state index in [0.717, 1.165) is 6.54 Å². The molecule has 2 rings (SSSR count). The standard InChI is InChI=1S/C13H18N2S/c1-10(2)13(12-4-3-7-16-12)15-9-11-5-6-14-8-11/h3-8,10,13-15H,9H2,1-2H3. The van der Waals surface area contributed by atoms with Gasteiger partial charge in [-0.15, -0.1) is 11.3 Å². The van der Waals surface area contributed by atoms with Gasteiger partial charge in [-0.1, -0.05) is 19.9 Å². The lowest BCUT2D eigenvalue weighted by molar-refractivity contribution is 0.416. The molecule has 0 aliphatic heterocycles. The summed E-state index contributed by atoms with van der Waals surface area (Å²) in [6.45, 7) is 5.44. The van der Waals surface area contributed by atoms with Crippen molar-refractivity contribution in [1.82, 2.24) is 10.3 Å². The van der Waals surface area contributed by atoms with Gasteiger partial charge in [0, 0.05) is 29.9 Å². The highest BCUT2D eigenvalue weighted by molar-refractivity contribution is 7.10. The average Bonchev–Trinajstić information content (AvgIpc) is 2.88. The zero-order valence-electron chi connectivity index (χ0n) is 9.73. The van der Waals surface area contributed by atoms with E-state index in [1.54, 1.807) is 0 Å². The van der Waals surface area contributed by atoms with E-state index in [0.29, 0.717) is 12.0 Å². The van der Waals surface area contributed by atoms with Gasteiger partial charge < -0.3 is 10.3 Å². The first-order valence-corrected chi connectivity index (χ1v) is 6.54. The first kappa shape index (κ1) is 11.4. The van der Waals surface area contributed by atoms with E-state index >= 15 is 0 Å². The Hall–Kier alpha value is -1.06. The maximum absolute atomic E-state index is 3.61. The summed E-state index contributed by atoms with van der Waals surface area (Å²) in [6, 6.07) is 6.89. The summed E-state index contributed by atoms with van der Waals surface area (Å²) in [6.07, 6.45) is 4.01. The second kappa shape index (κ2) is 5.32. The summed E-state index contributed by atoms with van der Waals surface area (Å²) in [7, 11) is 0. The van der Waals surface area contributed by atoms with Crippen LogP contribution in [0.15, 0.2) is 36.0 Å². The van der Waals surface area contributed by atoms with Gasteiger partial charge in [-0.3, -0.25) is 0 Å². The van der Waals surface area contributed by atoms with Gasteiger partial charge in [0.2, 0.25) is 0 Å². The van der Waals surface area contributed by atoms with Crippen LogP contribution in [0.5, 0.6) is 0 Å². The molecule has 86 valence electrons. The lowest BCUT2D eigenvalue weighted by Gasteiger charge is -2.21. The third kappa shape index (κ3) is 2.74. The molecule has 1 unspecified atom stereocenters. The number of aromatic nitrogens is 1. The maximum atomic E-state index is 3.61. The second-order valence-corrected chi connectivity index (χ2v) is 5.32. The minimum atomic E-state index is 0.454. The van der Waals surface area contributed by atoms with E-state index in [9.17, 15) is 0 Å². The molecule has 2 N–H and O–H groups in total. The number of thiophene rings is 1. The Morgan fingerprint density at radius 2 is 2.25 bits per heavy atom. The molecule has 2 aromatic rings. The summed E-state index contributed by atoms with van der Waals surface area (Å²) in [5, 5.41) is 5.76. The molecule has 0 amide bonds. The number of hydrogen-bond donors (Lipinski definition) is 2. The molecule has 0 saturated heterocycles. The summed E-state index contributed by atoms with van der Waals surface area (Å²) >= 11 is 1.83. The Morgan fingerprint density at radius 3 is 2.81 bits per heavy atom. The third-order valence-electron chi connectivity index (χ3n) is 2.70. The predicted molar refractivity (Wildman–Crippen MR) is 69.5 cm³/mol. The zero-order valence-corrected chi connectivity index (χ0v) is 10.6. The highest BCUT2D eigenvalue weighted by Gasteiger charge is 2.15. The number of nitrogens with one attached hydrogen (secondary N) is 2. The smallest absolute Gasteiger partial charge is 0.0440 e. The molecule has 0 aliphatic rings. The molecule has 0 spiro atoms. The van der Waals surface area contributed by atoms with Crippen LogP contribution in [-0.2, 0) is 6.54 Å². The minimum absolute atomic E-state index is 0.454. The molecular formula is C13H18N2S. The van der Waals surface area contributed by atoms with Crippen LogP contribution in [0.1, 0.15) is 30.3 Å². The van der Waals surface area contributed by atoms with Crippen molar-refractivity contribution < 1.29 is 0 Å². The van der Waals surface area contributed by atoms with Crippen molar-refractivity contribution in [3.8, 4) is 0 Å². The van der Waals surface area contributed by atoms with Crippen LogP contribution in [-0.4, -0.2) is 4.98 Å². The number of H-pyrrole nitrogens is 1. The Kier molecular flexibility index (Phi) is 3.80. The molecule has 0 aliphatic carbocycles. The Labute approximate surface area is 101 Å². The summed E-state index contributed by atoms with van der Waals surface area (Å²) in [5.74, 6) is 0.609. The number of aromatic amines is 1. The van der Waals surface area contributed by atoms with E-state index in [4.69, 9.17) is 0 Å². The molecule has 16 heavy (non-hydrogen) atoms. The Bertz CT molecular complexity index is 390. The summed E-state index contributed by atoms with van der Waals surface area (Å²) < 4.78 is 0. The van der Waals surface area contributed by atoms with E-state index in [1.807, 2.05) is 23.7 Å². The van der Waals surface area contributed by atoms with Gasteiger partial charge in [-0.05, 0) is 29.0 Å². The van der Waals surface area contributed by atoms with Crippen molar-refractivity contribution in [2.24, 2.45) is 5.92 Å². The van der Waals surface area contributed by atoms with Gasteiger partial charge in [-0.25, -0.2) is 0 Å². The summed E-state index contributed by atoms with van der Waals surface area (Å²) in [5.41, 5.74) is 1.31. The molecule has 2 aromatic heterocycles. The van der Waals surface area contributed by atoms with Gasteiger partial charge in [0.05, 0.1) is 0 Å². The second-order valence-electron chi connectivity index (χ2n) is 4.34. The molecule has 3 heteroatoms. The molecule has 0 saturated carbocycles. The molecule has 1 atom stereocenters. The molecule has 2 heterocycles. The molecule has 0 aromatic carbocycles. The lowest BCUT2D eigenvalue weighted by atomic mass is 10.0. The van der Waals surface area contributed by atoms with E-state index in [-0.39, 0.29) is 0 Å². The van der Waals surface area contributed by atoms with Crippen molar-refractivity contribution in [1.29, 1.82) is 0 Å². The monoisotopic (exact) mass is 234 g/mol. The van der Waals surface area contributed by atoms with Crippen LogP contribution >= 0.6 is 11.3 Å². The molecular weight excluding hydrogens is 216 g/mol. The maximum Gasteiger partial charge on any atom is 0.0440 e. The minimum Gasteiger partial charge on any atom is -0.367 e. The lowest BCUT2D eigenvalue weighted by Crippen LogP contribution is -2.24. The van der Waals surface area contributed by atoms with Crippen molar-refractivity contribution in [3.05, 3.63) is 46.4 Å². The van der Waals surface area contributed by atoms with Crippen LogP contribution in [0.2, 0.25) is 0 Å². The van der Waals surface area contributed by atoms with E-state index in [2.05, 4.69) is 47.7 Å². The van der Waals surface area contributed by atoms with Crippen LogP contribution in [0.3, 0.4) is 0 Å². The van der Waals surface area contributed by atoms with Crippen molar-refractivity contribution >= 4 is 11.3 Å².